The van der Waals surface area contributed by atoms with E-state index in [2.05, 4.69) is 0 Å². The lowest BCUT2D eigenvalue weighted by molar-refractivity contribution is -0.121. The molecule has 0 fully saturated rings. The van der Waals surface area contributed by atoms with Crippen LogP contribution in [-0.2, 0) is 16.1 Å². The number of benzene rings is 1. The number of hydrogen-bond donors (Lipinski definition) is 0. The van der Waals surface area contributed by atoms with Crippen LogP contribution in [0.25, 0.3) is 0 Å². The summed E-state index contributed by atoms with van der Waals surface area (Å²) in [5, 5.41) is 0. The molecule has 1 aromatic rings. The van der Waals surface area contributed by atoms with Gasteiger partial charge < -0.3 is 9.64 Å². The zero-order valence-electron chi connectivity index (χ0n) is 10.5. The molecule has 0 saturated heterocycles. The minimum atomic E-state index is -0.154. The third kappa shape index (κ3) is 2.36. The minimum absolute atomic E-state index is 0.0235. The van der Waals surface area contributed by atoms with Gasteiger partial charge >= 0.3 is 6.03 Å². The van der Waals surface area contributed by atoms with Crippen molar-refractivity contribution in [2.24, 2.45) is 0 Å². The molecule has 1 aliphatic heterocycles. The monoisotopic (exact) mass is 248 g/mol. The second kappa shape index (κ2) is 5.18. The number of fused-ring (bicyclic) bond motifs is 1. The maximum absolute atomic E-state index is 12.1. The van der Waals surface area contributed by atoms with Crippen LogP contribution >= 0.6 is 0 Å². The largest absolute Gasteiger partial charge is 0.377 e. The van der Waals surface area contributed by atoms with E-state index in [1.54, 1.807) is 11.9 Å². The van der Waals surface area contributed by atoms with Crippen molar-refractivity contribution in [1.82, 2.24) is 4.90 Å². The van der Waals surface area contributed by atoms with Crippen LogP contribution < -0.4 is 4.90 Å². The Bertz CT molecular complexity index is 473. The fourth-order valence-electron chi connectivity index (χ4n) is 2.08. The lowest BCUT2D eigenvalue weighted by Gasteiger charge is -2.34. The van der Waals surface area contributed by atoms with Gasteiger partial charge in [0.25, 0.3) is 0 Å². The molecule has 18 heavy (non-hydrogen) atoms. The Morgan fingerprint density at radius 1 is 1.39 bits per heavy atom. The number of nitrogens with zero attached hydrogens (tertiary/aromatic N) is 2. The molecule has 0 bridgehead atoms. The number of anilines is 1. The van der Waals surface area contributed by atoms with Crippen LogP contribution in [0.5, 0.6) is 0 Å². The molecule has 5 heteroatoms. The second-order valence-corrected chi connectivity index (χ2v) is 4.33. The highest BCUT2D eigenvalue weighted by atomic mass is 16.5. The van der Waals surface area contributed by atoms with Crippen molar-refractivity contribution in [1.29, 1.82) is 0 Å². The van der Waals surface area contributed by atoms with E-state index < -0.39 is 0 Å². The number of Topliss-reactive ketones (excluding diaryl/α,β-unsaturated/α-hetero) is 1. The summed E-state index contributed by atoms with van der Waals surface area (Å²) in [5.74, 6) is -0.115. The van der Waals surface area contributed by atoms with E-state index >= 15 is 0 Å². The smallest absolute Gasteiger partial charge is 0.324 e. The molecule has 0 aromatic heterocycles. The number of carbonyl (C=O) groups is 2. The van der Waals surface area contributed by atoms with Gasteiger partial charge in [-0.25, -0.2) is 4.79 Å². The van der Waals surface area contributed by atoms with Crippen molar-refractivity contribution in [2.75, 3.05) is 32.2 Å². The highest BCUT2D eigenvalue weighted by molar-refractivity contribution is 6.00. The van der Waals surface area contributed by atoms with Crippen LogP contribution in [0.2, 0.25) is 0 Å². The number of rotatable bonds is 4. The molecule has 0 spiro atoms. The Balaban J connectivity index is 2.27. The Labute approximate surface area is 106 Å². The van der Waals surface area contributed by atoms with Gasteiger partial charge in [-0.1, -0.05) is 18.2 Å². The number of ketones is 1. The van der Waals surface area contributed by atoms with Gasteiger partial charge in [0.15, 0.2) is 5.78 Å². The van der Waals surface area contributed by atoms with E-state index in [1.165, 1.54) is 12.0 Å². The van der Waals surface area contributed by atoms with Gasteiger partial charge in [-0.3, -0.25) is 9.69 Å². The molecule has 1 aliphatic rings. The average molecular weight is 248 g/mol. The predicted molar refractivity (Wildman–Crippen MR) is 67.5 cm³/mol. The van der Waals surface area contributed by atoms with Gasteiger partial charge in [0.05, 0.1) is 12.2 Å². The standard InChI is InChI=1S/C13H16N2O3/c1-14-7-10-5-3-4-6-12(10)15(13(14)17)8-11(16)9-18-2/h3-6H,7-9H2,1-2H3. The summed E-state index contributed by atoms with van der Waals surface area (Å²) in [7, 11) is 3.20. The first-order valence-electron chi connectivity index (χ1n) is 5.74. The van der Waals surface area contributed by atoms with Crippen LogP contribution in [0.3, 0.4) is 0 Å². The van der Waals surface area contributed by atoms with Crippen LogP contribution in [-0.4, -0.2) is 44.0 Å². The highest BCUT2D eigenvalue weighted by Gasteiger charge is 2.28. The molecule has 1 heterocycles. The first kappa shape index (κ1) is 12.6. The Morgan fingerprint density at radius 3 is 2.83 bits per heavy atom. The zero-order chi connectivity index (χ0) is 13.1. The molecule has 1 aromatic carbocycles. The number of carbonyl (C=O) groups excluding carboxylic acids is 2. The van der Waals surface area contributed by atoms with E-state index in [1.807, 2.05) is 24.3 Å². The van der Waals surface area contributed by atoms with Gasteiger partial charge in [-0.2, -0.15) is 0 Å². The average Bonchev–Trinajstić information content (AvgIpc) is 2.35. The summed E-state index contributed by atoms with van der Waals surface area (Å²) in [6.07, 6.45) is 0. The molecule has 2 amide bonds. The molecule has 0 N–H and O–H groups in total. The van der Waals surface area contributed by atoms with Crippen LogP contribution in [0, 0.1) is 0 Å². The summed E-state index contributed by atoms with van der Waals surface area (Å²) < 4.78 is 4.79. The SMILES string of the molecule is COCC(=O)CN1C(=O)N(C)Cc2ccccc21. The maximum atomic E-state index is 12.1. The molecule has 0 aliphatic carbocycles. The third-order valence-corrected chi connectivity index (χ3v) is 2.89. The summed E-state index contributed by atoms with van der Waals surface area (Å²) in [6.45, 7) is 0.646. The molecule has 2 rings (SSSR count). The Kier molecular flexibility index (Phi) is 3.62. The first-order valence-corrected chi connectivity index (χ1v) is 5.74. The van der Waals surface area contributed by atoms with E-state index in [4.69, 9.17) is 4.74 Å². The molecule has 0 atom stereocenters. The van der Waals surface area contributed by atoms with E-state index in [9.17, 15) is 9.59 Å². The van der Waals surface area contributed by atoms with Crippen molar-refractivity contribution >= 4 is 17.5 Å². The number of amides is 2. The molecular formula is C13H16N2O3. The number of methoxy groups -OCH3 is 1. The van der Waals surface area contributed by atoms with E-state index in [0.717, 1.165) is 11.3 Å². The molecule has 96 valence electrons. The van der Waals surface area contributed by atoms with Gasteiger partial charge in [-0.05, 0) is 11.6 Å². The van der Waals surface area contributed by atoms with Gasteiger partial charge in [0, 0.05) is 20.7 Å². The van der Waals surface area contributed by atoms with Crippen LogP contribution in [0.1, 0.15) is 5.56 Å². The number of ether oxygens (including phenoxy) is 1. The van der Waals surface area contributed by atoms with E-state index in [-0.39, 0.29) is 25.0 Å². The molecule has 0 saturated carbocycles. The van der Waals surface area contributed by atoms with Crippen molar-refractivity contribution in [2.45, 2.75) is 6.54 Å². The summed E-state index contributed by atoms with van der Waals surface area (Å²) >= 11 is 0. The fraction of sp³-hybridized carbons (Fsp3) is 0.385. The lowest BCUT2D eigenvalue weighted by Crippen LogP contribution is -2.47. The van der Waals surface area contributed by atoms with Gasteiger partial charge in [-0.15, -0.1) is 0 Å². The third-order valence-electron chi connectivity index (χ3n) is 2.89. The topological polar surface area (TPSA) is 49.9 Å². The van der Waals surface area contributed by atoms with Gasteiger partial charge in [0.2, 0.25) is 0 Å². The molecule has 0 radical (unpaired) electrons. The quantitative estimate of drug-likeness (QED) is 0.806. The number of para-hydroxylation sites is 1. The van der Waals surface area contributed by atoms with Crippen LogP contribution in [0.4, 0.5) is 10.5 Å². The number of hydrogen-bond acceptors (Lipinski definition) is 3. The maximum Gasteiger partial charge on any atom is 0.324 e. The predicted octanol–water partition coefficient (Wildman–Crippen LogP) is 1.27. The van der Waals surface area contributed by atoms with Crippen molar-refractivity contribution < 1.29 is 14.3 Å². The van der Waals surface area contributed by atoms with Crippen molar-refractivity contribution in [3.05, 3.63) is 29.8 Å². The summed E-state index contributed by atoms with van der Waals surface area (Å²) in [5.41, 5.74) is 1.86. The first-order chi connectivity index (χ1) is 8.63. The van der Waals surface area contributed by atoms with Crippen LogP contribution in [0.15, 0.2) is 24.3 Å². The van der Waals surface area contributed by atoms with Crippen molar-refractivity contribution in [3.8, 4) is 0 Å². The normalized spacial score (nSPS) is 14.7. The highest BCUT2D eigenvalue weighted by Crippen LogP contribution is 2.27. The minimum Gasteiger partial charge on any atom is -0.377 e. The molecule has 5 nitrogen and oxygen atoms in total. The Hall–Kier alpha value is -1.88. The molecular weight excluding hydrogens is 232 g/mol. The number of urea groups is 1. The Morgan fingerprint density at radius 2 is 2.11 bits per heavy atom. The zero-order valence-corrected chi connectivity index (χ0v) is 10.5. The molecule has 0 unspecified atom stereocenters. The summed E-state index contributed by atoms with van der Waals surface area (Å²) in [4.78, 5) is 26.8. The van der Waals surface area contributed by atoms with E-state index in [0.29, 0.717) is 6.54 Å². The van der Waals surface area contributed by atoms with Crippen molar-refractivity contribution in [3.63, 3.8) is 0 Å². The fourth-order valence-corrected chi connectivity index (χ4v) is 2.08. The summed E-state index contributed by atoms with van der Waals surface area (Å²) in [6, 6.07) is 7.47. The second-order valence-electron chi connectivity index (χ2n) is 4.33. The van der Waals surface area contributed by atoms with Gasteiger partial charge in [0.1, 0.15) is 6.61 Å². The lowest BCUT2D eigenvalue weighted by atomic mass is 10.1.